The highest BCUT2D eigenvalue weighted by Gasteiger charge is 2.45. The topological polar surface area (TPSA) is 80.0 Å². The molecule has 13 heteroatoms. The minimum absolute atomic E-state index is 0.187. The van der Waals surface area contributed by atoms with Crippen LogP contribution in [-0.2, 0) is 17.5 Å². The first-order chi connectivity index (χ1) is 16.1. The SMILES string of the molecule is O=C1CCC2(CCN(c3cnc4cnn(CC(F)F)c4n3)C2)CN1c1ccc(C(F)(F)F)cn1. The molecular weight excluding hydrogens is 461 g/mol. The standard InChI is InChI=1S/C21H20F5N7O/c22-15(23)10-33-19-14(8-29-33)27-9-17(30-19)31-6-5-20(11-31)4-3-18(34)32(12-20)16-2-1-13(7-28-16)21(24,25)26/h1-2,7-9,15H,3-6,10-12H2. The molecule has 34 heavy (non-hydrogen) atoms. The van der Waals surface area contributed by atoms with Crippen molar-refractivity contribution in [1.29, 1.82) is 0 Å². The van der Waals surface area contributed by atoms with Crippen molar-refractivity contribution in [3.63, 3.8) is 0 Å². The molecule has 0 aromatic carbocycles. The molecule has 1 atom stereocenters. The van der Waals surface area contributed by atoms with Crippen LogP contribution in [0.25, 0.3) is 11.2 Å². The van der Waals surface area contributed by atoms with Crippen LogP contribution in [0.2, 0.25) is 0 Å². The zero-order valence-electron chi connectivity index (χ0n) is 17.8. The van der Waals surface area contributed by atoms with Crippen LogP contribution in [0.1, 0.15) is 24.8 Å². The number of alkyl halides is 5. The fraction of sp³-hybridized carbons (Fsp3) is 0.476. The molecule has 2 saturated heterocycles. The maximum Gasteiger partial charge on any atom is 0.417 e. The zero-order valence-corrected chi connectivity index (χ0v) is 17.8. The first-order valence-corrected chi connectivity index (χ1v) is 10.7. The Labute approximate surface area is 190 Å². The Bertz CT molecular complexity index is 1210. The van der Waals surface area contributed by atoms with Gasteiger partial charge in [0, 0.05) is 37.7 Å². The number of anilines is 2. The highest BCUT2D eigenvalue weighted by Crippen LogP contribution is 2.42. The highest BCUT2D eigenvalue weighted by atomic mass is 19.4. The summed E-state index contributed by atoms with van der Waals surface area (Å²) in [5.41, 5.74) is -0.477. The summed E-state index contributed by atoms with van der Waals surface area (Å²) in [6, 6.07) is 2.14. The van der Waals surface area contributed by atoms with E-state index >= 15 is 0 Å². The van der Waals surface area contributed by atoms with Crippen LogP contribution in [0.15, 0.2) is 30.7 Å². The van der Waals surface area contributed by atoms with Crippen molar-refractivity contribution in [2.24, 2.45) is 5.41 Å². The number of amides is 1. The molecule has 0 aliphatic carbocycles. The van der Waals surface area contributed by atoms with E-state index in [1.54, 1.807) is 6.20 Å². The number of aromatic nitrogens is 5. The fourth-order valence-corrected chi connectivity index (χ4v) is 4.65. The van der Waals surface area contributed by atoms with Gasteiger partial charge < -0.3 is 4.90 Å². The molecule has 2 aliphatic heterocycles. The van der Waals surface area contributed by atoms with Crippen LogP contribution in [0.4, 0.5) is 33.6 Å². The second kappa shape index (κ2) is 8.13. The lowest BCUT2D eigenvalue weighted by molar-refractivity contribution is -0.137. The lowest BCUT2D eigenvalue weighted by Gasteiger charge is -2.39. The molecular formula is C21H20F5N7O. The summed E-state index contributed by atoms with van der Waals surface area (Å²) in [5.74, 6) is 0.526. The quantitative estimate of drug-likeness (QED) is 0.531. The number of fused-ring (bicyclic) bond motifs is 1. The molecule has 2 fully saturated rings. The van der Waals surface area contributed by atoms with Crippen molar-refractivity contribution in [2.75, 3.05) is 29.4 Å². The molecule has 3 aromatic rings. The third-order valence-electron chi connectivity index (χ3n) is 6.42. The Kier molecular flexibility index (Phi) is 5.36. The van der Waals surface area contributed by atoms with Gasteiger partial charge in [0.25, 0.3) is 6.43 Å². The molecule has 180 valence electrons. The van der Waals surface area contributed by atoms with Crippen LogP contribution in [-0.4, -0.2) is 56.7 Å². The van der Waals surface area contributed by atoms with Crippen LogP contribution in [0.5, 0.6) is 0 Å². The van der Waals surface area contributed by atoms with Gasteiger partial charge in [-0.1, -0.05) is 0 Å². The number of pyridine rings is 1. The van der Waals surface area contributed by atoms with E-state index in [0.29, 0.717) is 37.4 Å². The molecule has 1 unspecified atom stereocenters. The summed E-state index contributed by atoms with van der Waals surface area (Å²) in [6.07, 6.45) is -1.78. The van der Waals surface area contributed by atoms with Crippen molar-refractivity contribution >= 4 is 28.7 Å². The minimum atomic E-state index is -4.50. The Hall–Kier alpha value is -3.38. The molecule has 8 nitrogen and oxygen atoms in total. The summed E-state index contributed by atoms with van der Waals surface area (Å²) in [4.78, 5) is 28.7. The Morgan fingerprint density at radius 1 is 1.03 bits per heavy atom. The Balaban J connectivity index is 1.35. The van der Waals surface area contributed by atoms with Gasteiger partial charge in [-0.05, 0) is 25.0 Å². The van der Waals surface area contributed by atoms with Gasteiger partial charge in [-0.3, -0.25) is 9.69 Å². The molecule has 1 amide bonds. The molecule has 5 heterocycles. The molecule has 5 rings (SSSR count). The van der Waals surface area contributed by atoms with Crippen molar-refractivity contribution in [3.8, 4) is 0 Å². The lowest BCUT2D eigenvalue weighted by atomic mass is 9.79. The number of piperidine rings is 1. The third kappa shape index (κ3) is 4.14. The summed E-state index contributed by atoms with van der Waals surface area (Å²) < 4.78 is 65.4. The van der Waals surface area contributed by atoms with Crippen molar-refractivity contribution in [2.45, 2.75) is 38.4 Å². The number of hydrogen-bond donors (Lipinski definition) is 0. The van der Waals surface area contributed by atoms with Gasteiger partial charge in [-0.25, -0.2) is 28.4 Å². The van der Waals surface area contributed by atoms with Crippen molar-refractivity contribution in [3.05, 3.63) is 36.3 Å². The Morgan fingerprint density at radius 2 is 1.85 bits per heavy atom. The van der Waals surface area contributed by atoms with Crippen LogP contribution < -0.4 is 9.80 Å². The smallest absolute Gasteiger partial charge is 0.355 e. The zero-order chi connectivity index (χ0) is 24.1. The lowest BCUT2D eigenvalue weighted by Crippen LogP contribution is -2.48. The van der Waals surface area contributed by atoms with Gasteiger partial charge in [0.15, 0.2) is 5.65 Å². The summed E-state index contributed by atoms with van der Waals surface area (Å²) in [7, 11) is 0. The van der Waals surface area contributed by atoms with Crippen molar-refractivity contribution in [1.82, 2.24) is 24.7 Å². The van der Waals surface area contributed by atoms with Gasteiger partial charge in [-0.15, -0.1) is 0 Å². The van der Waals surface area contributed by atoms with E-state index in [0.717, 1.165) is 23.4 Å². The number of carbonyl (C=O) groups is 1. The first kappa shape index (κ1) is 22.4. The molecule has 1 spiro atoms. The molecule has 0 saturated carbocycles. The van der Waals surface area contributed by atoms with Gasteiger partial charge >= 0.3 is 6.18 Å². The van der Waals surface area contributed by atoms with Crippen LogP contribution in [0, 0.1) is 5.41 Å². The molecule has 0 N–H and O–H groups in total. The summed E-state index contributed by atoms with van der Waals surface area (Å²) >= 11 is 0. The predicted octanol–water partition coefficient (Wildman–Crippen LogP) is 3.53. The molecule has 0 radical (unpaired) electrons. The number of nitrogens with zero attached hydrogens (tertiary/aromatic N) is 7. The van der Waals surface area contributed by atoms with Gasteiger partial charge in [0.2, 0.25) is 5.91 Å². The van der Waals surface area contributed by atoms with E-state index in [-0.39, 0.29) is 29.2 Å². The van der Waals surface area contributed by atoms with E-state index < -0.39 is 24.7 Å². The molecule has 0 bridgehead atoms. The summed E-state index contributed by atoms with van der Waals surface area (Å²) in [6.45, 7) is 0.898. The molecule has 2 aliphatic rings. The average molecular weight is 481 g/mol. The Morgan fingerprint density at radius 3 is 2.56 bits per heavy atom. The number of halogens is 5. The molecule has 3 aromatic heterocycles. The van der Waals surface area contributed by atoms with Gasteiger partial charge in [0.05, 0.1) is 18.0 Å². The second-order valence-electron chi connectivity index (χ2n) is 8.71. The summed E-state index contributed by atoms with van der Waals surface area (Å²) in [5, 5.41) is 3.93. The second-order valence-corrected chi connectivity index (χ2v) is 8.71. The fourth-order valence-electron chi connectivity index (χ4n) is 4.65. The highest BCUT2D eigenvalue weighted by molar-refractivity contribution is 5.93. The number of rotatable bonds is 4. The maximum absolute atomic E-state index is 12.9. The number of carbonyl (C=O) groups excluding carboxylic acids is 1. The van der Waals surface area contributed by atoms with E-state index in [1.165, 1.54) is 17.2 Å². The largest absolute Gasteiger partial charge is 0.417 e. The van der Waals surface area contributed by atoms with E-state index in [9.17, 15) is 26.7 Å². The minimum Gasteiger partial charge on any atom is -0.355 e. The predicted molar refractivity (Wildman–Crippen MR) is 111 cm³/mol. The van der Waals surface area contributed by atoms with Gasteiger partial charge in [0.1, 0.15) is 23.7 Å². The van der Waals surface area contributed by atoms with Crippen molar-refractivity contribution < 1.29 is 26.7 Å². The van der Waals surface area contributed by atoms with E-state index in [4.69, 9.17) is 0 Å². The number of hydrogen-bond acceptors (Lipinski definition) is 6. The normalized spacial score (nSPS) is 21.4. The first-order valence-electron chi connectivity index (χ1n) is 10.7. The van der Waals surface area contributed by atoms with E-state index in [2.05, 4.69) is 20.1 Å². The van der Waals surface area contributed by atoms with Gasteiger partial charge in [-0.2, -0.15) is 18.3 Å². The maximum atomic E-state index is 12.9. The van der Waals surface area contributed by atoms with Crippen LogP contribution in [0.3, 0.4) is 0 Å². The van der Waals surface area contributed by atoms with E-state index in [1.807, 2.05) is 4.90 Å². The monoisotopic (exact) mass is 481 g/mol. The third-order valence-corrected chi connectivity index (χ3v) is 6.42. The average Bonchev–Trinajstić information content (AvgIpc) is 3.39. The van der Waals surface area contributed by atoms with Crippen LogP contribution >= 0.6 is 0 Å².